The summed E-state index contributed by atoms with van der Waals surface area (Å²) in [5, 5.41) is 0. The van der Waals surface area contributed by atoms with E-state index >= 15 is 0 Å². The van der Waals surface area contributed by atoms with E-state index in [-0.39, 0.29) is 11.6 Å². The number of carbonyl (C=O) groups excluding carboxylic acids is 1. The second kappa shape index (κ2) is 4.48. The zero-order valence-electron chi connectivity index (χ0n) is 11.7. The van der Waals surface area contributed by atoms with E-state index < -0.39 is 0 Å². The number of para-hydroxylation sites is 1. The summed E-state index contributed by atoms with van der Waals surface area (Å²) in [5.74, 6) is 0. The monoisotopic (exact) mass is 272 g/mol. The van der Waals surface area contributed by atoms with Gasteiger partial charge in [0.15, 0.2) is 0 Å². The SMILES string of the molecule is O=C(N1CCc2ccccc21)N1CCOCC12CCC2. The van der Waals surface area contributed by atoms with Crippen LogP contribution in [-0.2, 0) is 11.2 Å². The Kier molecular flexibility index (Phi) is 2.74. The van der Waals surface area contributed by atoms with E-state index in [9.17, 15) is 4.79 Å². The third kappa shape index (κ3) is 1.67. The number of amides is 2. The van der Waals surface area contributed by atoms with E-state index in [2.05, 4.69) is 23.1 Å². The van der Waals surface area contributed by atoms with Crippen molar-refractivity contribution in [1.29, 1.82) is 0 Å². The molecular weight excluding hydrogens is 252 g/mol. The second-order valence-corrected chi connectivity index (χ2v) is 6.10. The summed E-state index contributed by atoms with van der Waals surface area (Å²) in [6.07, 6.45) is 4.37. The summed E-state index contributed by atoms with van der Waals surface area (Å²) in [6.45, 7) is 2.93. The lowest BCUT2D eigenvalue weighted by atomic mass is 9.75. The maximum atomic E-state index is 13.0. The molecule has 1 saturated heterocycles. The molecule has 0 N–H and O–H groups in total. The molecule has 106 valence electrons. The Hall–Kier alpha value is -1.55. The number of anilines is 1. The molecule has 4 rings (SSSR count). The first-order chi connectivity index (χ1) is 9.80. The fourth-order valence-corrected chi connectivity index (χ4v) is 3.71. The molecule has 2 fully saturated rings. The molecule has 0 aromatic heterocycles. The Balaban J connectivity index is 1.61. The Morgan fingerprint density at radius 2 is 2.05 bits per heavy atom. The van der Waals surface area contributed by atoms with Crippen LogP contribution in [0.1, 0.15) is 24.8 Å². The Morgan fingerprint density at radius 3 is 2.85 bits per heavy atom. The van der Waals surface area contributed by atoms with Crippen LogP contribution in [0.5, 0.6) is 0 Å². The van der Waals surface area contributed by atoms with E-state index in [4.69, 9.17) is 4.74 Å². The molecule has 20 heavy (non-hydrogen) atoms. The topological polar surface area (TPSA) is 32.8 Å². The van der Waals surface area contributed by atoms with Crippen molar-refractivity contribution >= 4 is 11.7 Å². The molecule has 1 aromatic carbocycles. The molecule has 0 radical (unpaired) electrons. The third-order valence-electron chi connectivity index (χ3n) is 5.04. The molecule has 2 aliphatic heterocycles. The number of ether oxygens (including phenoxy) is 1. The van der Waals surface area contributed by atoms with Crippen LogP contribution < -0.4 is 4.90 Å². The van der Waals surface area contributed by atoms with Crippen molar-refractivity contribution in [3.63, 3.8) is 0 Å². The molecule has 2 heterocycles. The lowest BCUT2D eigenvalue weighted by Crippen LogP contribution is -2.65. The van der Waals surface area contributed by atoms with Gasteiger partial charge >= 0.3 is 6.03 Å². The number of rotatable bonds is 0. The minimum Gasteiger partial charge on any atom is -0.377 e. The molecule has 1 aromatic rings. The standard InChI is InChI=1S/C16H20N2O2/c19-15(17-9-6-13-4-1-2-5-14(13)17)18-10-11-20-12-16(18)7-3-8-16/h1-2,4-5H,3,6-12H2. The minimum absolute atomic E-state index is 0.00708. The van der Waals surface area contributed by atoms with Crippen molar-refractivity contribution in [3.05, 3.63) is 29.8 Å². The van der Waals surface area contributed by atoms with Gasteiger partial charge in [0.1, 0.15) is 0 Å². The predicted octanol–water partition coefficient (Wildman–Crippen LogP) is 2.42. The van der Waals surface area contributed by atoms with Crippen molar-refractivity contribution < 1.29 is 9.53 Å². The second-order valence-electron chi connectivity index (χ2n) is 6.10. The van der Waals surface area contributed by atoms with Crippen LogP contribution in [0.25, 0.3) is 0 Å². The normalized spacial score (nSPS) is 23.6. The maximum Gasteiger partial charge on any atom is 0.325 e. The number of carbonyl (C=O) groups is 1. The molecule has 1 aliphatic carbocycles. The van der Waals surface area contributed by atoms with Crippen molar-refractivity contribution in [2.24, 2.45) is 0 Å². The Morgan fingerprint density at radius 1 is 1.20 bits per heavy atom. The zero-order chi connectivity index (χ0) is 13.6. The van der Waals surface area contributed by atoms with Gasteiger partial charge in [-0.15, -0.1) is 0 Å². The van der Waals surface area contributed by atoms with Gasteiger partial charge in [-0.25, -0.2) is 4.79 Å². The van der Waals surface area contributed by atoms with E-state index in [1.165, 1.54) is 12.0 Å². The molecule has 3 aliphatic rings. The third-order valence-corrected chi connectivity index (χ3v) is 5.04. The van der Waals surface area contributed by atoms with Crippen molar-refractivity contribution in [2.75, 3.05) is 31.2 Å². The lowest BCUT2D eigenvalue weighted by Gasteiger charge is -2.53. The van der Waals surface area contributed by atoms with Gasteiger partial charge in [0.05, 0.1) is 18.8 Å². The predicted molar refractivity (Wildman–Crippen MR) is 77.0 cm³/mol. The largest absolute Gasteiger partial charge is 0.377 e. The first-order valence-corrected chi connectivity index (χ1v) is 7.55. The Bertz CT molecular complexity index is 539. The van der Waals surface area contributed by atoms with Gasteiger partial charge in [-0.05, 0) is 37.3 Å². The zero-order valence-corrected chi connectivity index (χ0v) is 11.7. The number of nitrogens with zero attached hydrogens (tertiary/aromatic N) is 2. The number of fused-ring (bicyclic) bond motifs is 1. The van der Waals surface area contributed by atoms with Gasteiger partial charge in [-0.2, -0.15) is 0 Å². The van der Waals surface area contributed by atoms with Crippen LogP contribution >= 0.6 is 0 Å². The molecule has 0 unspecified atom stereocenters. The molecule has 0 atom stereocenters. The number of urea groups is 1. The molecular formula is C16H20N2O2. The maximum absolute atomic E-state index is 13.0. The first kappa shape index (κ1) is 12.2. The first-order valence-electron chi connectivity index (χ1n) is 7.55. The summed E-state index contributed by atoms with van der Waals surface area (Å²) in [4.78, 5) is 17.0. The van der Waals surface area contributed by atoms with E-state index in [0.29, 0.717) is 13.2 Å². The van der Waals surface area contributed by atoms with Gasteiger partial charge in [-0.3, -0.25) is 4.90 Å². The summed E-state index contributed by atoms with van der Waals surface area (Å²) in [5.41, 5.74) is 2.38. The summed E-state index contributed by atoms with van der Waals surface area (Å²) < 4.78 is 5.63. The molecule has 1 spiro atoms. The average molecular weight is 272 g/mol. The average Bonchev–Trinajstić information content (AvgIpc) is 2.89. The molecule has 2 amide bonds. The highest BCUT2D eigenvalue weighted by atomic mass is 16.5. The van der Waals surface area contributed by atoms with E-state index in [1.807, 2.05) is 11.0 Å². The van der Waals surface area contributed by atoms with E-state index in [0.717, 1.165) is 38.0 Å². The van der Waals surface area contributed by atoms with Gasteiger partial charge in [0.2, 0.25) is 0 Å². The highest BCUT2D eigenvalue weighted by Crippen LogP contribution is 2.41. The summed E-state index contributed by atoms with van der Waals surface area (Å²) >= 11 is 0. The number of hydrogen-bond donors (Lipinski definition) is 0. The molecule has 4 heteroatoms. The van der Waals surface area contributed by atoms with Crippen molar-refractivity contribution in [3.8, 4) is 0 Å². The van der Waals surface area contributed by atoms with Gasteiger partial charge in [-0.1, -0.05) is 18.2 Å². The van der Waals surface area contributed by atoms with Crippen LogP contribution in [0.4, 0.5) is 10.5 Å². The van der Waals surface area contributed by atoms with Crippen LogP contribution in [0.15, 0.2) is 24.3 Å². The van der Waals surface area contributed by atoms with Gasteiger partial charge in [0.25, 0.3) is 0 Å². The molecule has 0 bridgehead atoms. The smallest absolute Gasteiger partial charge is 0.325 e. The highest BCUT2D eigenvalue weighted by Gasteiger charge is 2.48. The lowest BCUT2D eigenvalue weighted by molar-refractivity contribution is -0.0815. The molecule has 1 saturated carbocycles. The highest BCUT2D eigenvalue weighted by molar-refractivity contribution is 5.94. The Labute approximate surface area is 119 Å². The summed E-state index contributed by atoms with van der Waals surface area (Å²) in [6, 6.07) is 8.44. The quantitative estimate of drug-likeness (QED) is 0.726. The van der Waals surface area contributed by atoms with Crippen LogP contribution in [0.3, 0.4) is 0 Å². The minimum atomic E-state index is -0.00708. The fraction of sp³-hybridized carbons (Fsp3) is 0.562. The van der Waals surface area contributed by atoms with Gasteiger partial charge < -0.3 is 9.64 Å². The van der Waals surface area contributed by atoms with Crippen LogP contribution in [0, 0.1) is 0 Å². The van der Waals surface area contributed by atoms with Crippen molar-refractivity contribution in [2.45, 2.75) is 31.2 Å². The number of hydrogen-bond acceptors (Lipinski definition) is 2. The fourth-order valence-electron chi connectivity index (χ4n) is 3.71. The van der Waals surface area contributed by atoms with E-state index in [1.54, 1.807) is 0 Å². The van der Waals surface area contributed by atoms with Crippen LogP contribution in [-0.4, -0.2) is 42.8 Å². The van der Waals surface area contributed by atoms with Crippen molar-refractivity contribution in [1.82, 2.24) is 4.90 Å². The summed E-state index contributed by atoms with van der Waals surface area (Å²) in [7, 11) is 0. The number of morpholine rings is 1. The van der Waals surface area contributed by atoms with Gasteiger partial charge in [0, 0.05) is 18.8 Å². The number of benzene rings is 1. The molecule has 4 nitrogen and oxygen atoms in total. The van der Waals surface area contributed by atoms with Crippen LogP contribution in [0.2, 0.25) is 0 Å².